The Balaban J connectivity index is 1.09. The molecule has 0 amide bonds. The first-order chi connectivity index (χ1) is 28.3. The monoisotopic (exact) mass is 800 g/mol. The van der Waals surface area contributed by atoms with Crippen LogP contribution in [0.5, 0.6) is 11.5 Å². The Kier molecular flexibility index (Phi) is 12.3. The van der Waals surface area contributed by atoms with Gasteiger partial charge in [-0.15, -0.1) is 0 Å². The van der Waals surface area contributed by atoms with E-state index in [0.717, 1.165) is 46.2 Å². The number of nitrogens with zero attached hydrogens (tertiary/aromatic N) is 2. The molecule has 0 aliphatic rings. The van der Waals surface area contributed by atoms with Gasteiger partial charge in [0.15, 0.2) is 0 Å². The minimum absolute atomic E-state index is 0.464. The number of ether oxygens (including phenoxy) is 1. The molecular formula is C46H36B2F6N2O3. The van der Waals surface area contributed by atoms with Gasteiger partial charge in [-0.3, -0.25) is 9.97 Å². The molecule has 2 unspecified atom stereocenters. The first-order valence-corrected chi connectivity index (χ1v) is 18.7. The van der Waals surface area contributed by atoms with E-state index in [0.29, 0.717) is 34.0 Å². The summed E-state index contributed by atoms with van der Waals surface area (Å²) in [6.45, 7) is 2.74. The second kappa shape index (κ2) is 17.8. The van der Waals surface area contributed by atoms with Crippen LogP contribution in [0, 0.1) is 6.92 Å². The number of pyridine rings is 2. The predicted octanol–water partition coefficient (Wildman–Crippen LogP) is 10.2. The third-order valence-corrected chi connectivity index (χ3v) is 9.72. The number of alkyl halides is 6. The highest BCUT2D eigenvalue weighted by atomic mass is 19.4. The van der Waals surface area contributed by atoms with Crippen molar-refractivity contribution in [3.05, 3.63) is 209 Å². The van der Waals surface area contributed by atoms with Gasteiger partial charge in [0.25, 0.3) is 0 Å². The van der Waals surface area contributed by atoms with Crippen molar-refractivity contribution in [3.8, 4) is 11.5 Å². The van der Waals surface area contributed by atoms with Crippen LogP contribution in [0.4, 0.5) is 26.3 Å². The van der Waals surface area contributed by atoms with Gasteiger partial charge in [-0.25, -0.2) is 0 Å². The number of benzene rings is 5. The largest absolute Gasteiger partial charge is 0.457 e. The van der Waals surface area contributed by atoms with E-state index in [4.69, 9.17) is 14.0 Å². The van der Waals surface area contributed by atoms with E-state index in [2.05, 4.69) is 9.97 Å². The summed E-state index contributed by atoms with van der Waals surface area (Å²) in [5.74, 6) is 1.11. The van der Waals surface area contributed by atoms with Crippen LogP contribution in [0.25, 0.3) is 0 Å². The molecule has 2 heterocycles. The molecule has 0 N–H and O–H groups in total. The van der Waals surface area contributed by atoms with Gasteiger partial charge in [0.05, 0.1) is 22.5 Å². The fourth-order valence-corrected chi connectivity index (χ4v) is 6.65. The topological polar surface area (TPSA) is 53.5 Å². The SMILES string of the molecule is CB(OC(c1ccc(C(F)(F)F)cc1)c1ccccn1)c1ccc(Oc2ccc(B(OC(c3ccc(C(F)(F)F)cc3)c3ccccn3)c3cccc(C)c3)cc2)cc1. The molecule has 7 aromatic rings. The van der Waals surface area contributed by atoms with Crippen LogP contribution in [0.2, 0.25) is 6.82 Å². The minimum Gasteiger partial charge on any atom is -0.457 e. The molecule has 13 heteroatoms. The number of hydrogen-bond acceptors (Lipinski definition) is 5. The van der Waals surface area contributed by atoms with Crippen LogP contribution in [0.15, 0.2) is 170 Å². The number of hydrogen-bond donors (Lipinski definition) is 0. The Labute approximate surface area is 338 Å². The summed E-state index contributed by atoms with van der Waals surface area (Å²) >= 11 is 0. The lowest BCUT2D eigenvalue weighted by atomic mass is 9.55. The Morgan fingerprint density at radius 1 is 0.492 bits per heavy atom. The smallest absolute Gasteiger partial charge is 0.416 e. The highest BCUT2D eigenvalue weighted by Gasteiger charge is 2.33. The molecule has 296 valence electrons. The lowest BCUT2D eigenvalue weighted by Gasteiger charge is -2.25. The van der Waals surface area contributed by atoms with Crippen molar-refractivity contribution in [2.24, 2.45) is 0 Å². The van der Waals surface area contributed by atoms with Gasteiger partial charge >= 0.3 is 26.2 Å². The number of aryl methyl sites for hydroxylation is 1. The van der Waals surface area contributed by atoms with Gasteiger partial charge in [0, 0.05) is 12.4 Å². The normalized spacial score (nSPS) is 12.7. The van der Waals surface area contributed by atoms with Crippen molar-refractivity contribution < 1.29 is 40.4 Å². The fourth-order valence-electron chi connectivity index (χ4n) is 6.65. The van der Waals surface area contributed by atoms with Crippen LogP contribution in [0.3, 0.4) is 0 Å². The lowest BCUT2D eigenvalue weighted by Crippen LogP contribution is -2.46. The van der Waals surface area contributed by atoms with Crippen molar-refractivity contribution in [1.29, 1.82) is 0 Å². The summed E-state index contributed by atoms with van der Waals surface area (Å²) in [5.41, 5.74) is 4.11. The number of rotatable bonds is 13. The zero-order chi connectivity index (χ0) is 41.6. The highest BCUT2D eigenvalue weighted by Crippen LogP contribution is 2.34. The first-order valence-electron chi connectivity index (χ1n) is 18.7. The Hall–Kier alpha value is -6.17. The molecule has 0 aliphatic carbocycles. The second-order valence-electron chi connectivity index (χ2n) is 14.0. The van der Waals surface area contributed by atoms with Crippen LogP contribution in [-0.4, -0.2) is 23.8 Å². The number of aromatic nitrogens is 2. The standard InChI is InChI=1S/C46H36B2F6N2O3/c1-31-8-7-9-38(30-31)48(59-44(42-11-4-6-29-56-42)33-14-18-35(19-15-33)46(52,53)54)37-22-26-40(27-23-37)57-39-24-20-36(21-25-39)47(2)58-43(41-10-3-5-28-55-41)32-12-16-34(17-13-32)45(49,50)51/h3-30,43-44H,1-2H3. The van der Waals surface area contributed by atoms with Crippen LogP contribution >= 0.6 is 0 Å². The van der Waals surface area contributed by atoms with Crippen molar-refractivity contribution >= 4 is 30.2 Å². The lowest BCUT2D eigenvalue weighted by molar-refractivity contribution is -0.138. The van der Waals surface area contributed by atoms with E-state index < -0.39 is 49.5 Å². The predicted molar refractivity (Wildman–Crippen MR) is 218 cm³/mol. The molecule has 0 bridgehead atoms. The summed E-state index contributed by atoms with van der Waals surface area (Å²) in [5, 5.41) is 0. The van der Waals surface area contributed by atoms with Gasteiger partial charge < -0.3 is 14.0 Å². The molecule has 7 rings (SSSR count). The van der Waals surface area contributed by atoms with Gasteiger partial charge in [-0.05, 0) is 107 Å². The summed E-state index contributed by atoms with van der Waals surface area (Å²) in [7, 11) is 0. The second-order valence-corrected chi connectivity index (χ2v) is 14.0. The maximum atomic E-state index is 13.5. The Morgan fingerprint density at radius 3 is 1.41 bits per heavy atom. The molecular weight excluding hydrogens is 764 g/mol. The molecule has 2 aromatic heterocycles. The molecule has 0 radical (unpaired) electrons. The molecule has 59 heavy (non-hydrogen) atoms. The molecule has 0 aliphatic heterocycles. The maximum Gasteiger partial charge on any atom is 0.416 e. The molecule has 0 spiro atoms. The van der Waals surface area contributed by atoms with E-state index in [1.807, 2.05) is 74.4 Å². The molecule has 0 saturated heterocycles. The van der Waals surface area contributed by atoms with E-state index in [-0.39, 0.29) is 0 Å². The van der Waals surface area contributed by atoms with Crippen LogP contribution in [-0.2, 0) is 21.7 Å². The fraction of sp³-hybridized carbons (Fsp3) is 0.130. The van der Waals surface area contributed by atoms with Gasteiger partial charge in [-0.2, -0.15) is 26.3 Å². The average Bonchev–Trinajstić information content (AvgIpc) is 3.24. The van der Waals surface area contributed by atoms with Crippen molar-refractivity contribution in [2.45, 2.75) is 38.3 Å². The summed E-state index contributed by atoms with van der Waals surface area (Å²) in [4.78, 5) is 8.91. The van der Waals surface area contributed by atoms with Gasteiger partial charge in [0.2, 0.25) is 0 Å². The average molecular weight is 800 g/mol. The third-order valence-electron chi connectivity index (χ3n) is 9.72. The zero-order valence-electron chi connectivity index (χ0n) is 31.9. The van der Waals surface area contributed by atoms with Crippen LogP contribution in [0.1, 0.15) is 51.4 Å². The summed E-state index contributed by atoms with van der Waals surface area (Å²) < 4.78 is 99.6. The maximum absolute atomic E-state index is 13.5. The zero-order valence-corrected chi connectivity index (χ0v) is 31.9. The van der Waals surface area contributed by atoms with E-state index in [1.54, 1.807) is 60.9 Å². The quantitative estimate of drug-likeness (QED) is 0.0859. The van der Waals surface area contributed by atoms with Crippen molar-refractivity contribution in [1.82, 2.24) is 9.97 Å². The van der Waals surface area contributed by atoms with Crippen molar-refractivity contribution in [2.75, 3.05) is 0 Å². The first kappa shape index (κ1) is 41.0. The third kappa shape index (κ3) is 10.3. The van der Waals surface area contributed by atoms with Crippen molar-refractivity contribution in [3.63, 3.8) is 0 Å². The van der Waals surface area contributed by atoms with Gasteiger partial charge in [-0.1, -0.05) is 97.3 Å². The Morgan fingerprint density at radius 2 is 0.966 bits per heavy atom. The minimum atomic E-state index is -4.48. The summed E-state index contributed by atoms with van der Waals surface area (Å²) in [6.07, 6.45) is -7.22. The molecule has 2 atom stereocenters. The Bertz CT molecular complexity index is 2420. The molecule has 0 fully saturated rings. The van der Waals surface area contributed by atoms with Crippen LogP contribution < -0.4 is 21.1 Å². The molecule has 5 aromatic carbocycles. The number of halogens is 6. The van der Waals surface area contributed by atoms with E-state index in [9.17, 15) is 26.3 Å². The molecule has 0 saturated carbocycles. The van der Waals surface area contributed by atoms with E-state index in [1.165, 1.54) is 24.3 Å². The van der Waals surface area contributed by atoms with Gasteiger partial charge in [0.1, 0.15) is 23.7 Å². The highest BCUT2D eigenvalue weighted by molar-refractivity contribution is 6.80. The van der Waals surface area contributed by atoms with E-state index >= 15 is 0 Å². The molecule has 5 nitrogen and oxygen atoms in total. The summed E-state index contributed by atoms with van der Waals surface area (Å²) in [6, 6.07) is 43.1.